The molecule has 0 amide bonds. The number of hydrogen-bond acceptors (Lipinski definition) is 3. The molecular weight excluding hydrogens is 178 g/mol. The number of rotatable bonds is 2. The van der Waals surface area contributed by atoms with Gasteiger partial charge in [-0.2, -0.15) is 5.10 Å². The number of hydrogen-bond donors (Lipinski definition) is 1. The maximum Gasteiger partial charge on any atom is 0.137 e. The number of aryl methyl sites for hydroxylation is 1. The van der Waals surface area contributed by atoms with Gasteiger partial charge < -0.3 is 5.11 Å². The molecule has 0 fully saturated rings. The van der Waals surface area contributed by atoms with Crippen molar-refractivity contribution in [1.29, 1.82) is 0 Å². The zero-order valence-electron chi connectivity index (χ0n) is 7.88. The van der Waals surface area contributed by atoms with Gasteiger partial charge in [-0.1, -0.05) is 17.7 Å². The summed E-state index contributed by atoms with van der Waals surface area (Å²) < 4.78 is 1.68. The van der Waals surface area contributed by atoms with E-state index in [0.717, 1.165) is 11.1 Å². The van der Waals surface area contributed by atoms with Crippen LogP contribution in [0.3, 0.4) is 0 Å². The van der Waals surface area contributed by atoms with E-state index >= 15 is 0 Å². The van der Waals surface area contributed by atoms with E-state index in [4.69, 9.17) is 0 Å². The summed E-state index contributed by atoms with van der Waals surface area (Å²) in [5.74, 6) is 0.297. The Morgan fingerprint density at radius 1 is 1.43 bits per heavy atom. The van der Waals surface area contributed by atoms with Gasteiger partial charge in [0.1, 0.15) is 18.4 Å². The van der Waals surface area contributed by atoms with Crippen molar-refractivity contribution < 1.29 is 5.11 Å². The third kappa shape index (κ3) is 1.74. The molecule has 72 valence electrons. The van der Waals surface area contributed by atoms with Crippen molar-refractivity contribution in [2.45, 2.75) is 13.5 Å². The SMILES string of the molecule is Cc1ccc(O)c(Cn2cncn2)c1. The molecule has 0 aliphatic heterocycles. The van der Waals surface area contributed by atoms with E-state index < -0.39 is 0 Å². The highest BCUT2D eigenvalue weighted by atomic mass is 16.3. The molecule has 2 aromatic rings. The summed E-state index contributed by atoms with van der Waals surface area (Å²) in [6.45, 7) is 2.54. The molecule has 2 rings (SSSR count). The third-order valence-electron chi connectivity index (χ3n) is 2.03. The van der Waals surface area contributed by atoms with Crippen molar-refractivity contribution in [3.05, 3.63) is 42.0 Å². The minimum atomic E-state index is 0.297. The van der Waals surface area contributed by atoms with Gasteiger partial charge >= 0.3 is 0 Å². The Kier molecular flexibility index (Phi) is 2.18. The van der Waals surface area contributed by atoms with Gasteiger partial charge in [0.15, 0.2) is 0 Å². The fraction of sp³-hybridized carbons (Fsp3) is 0.200. The molecule has 0 aliphatic rings. The lowest BCUT2D eigenvalue weighted by atomic mass is 10.1. The first-order valence-corrected chi connectivity index (χ1v) is 4.36. The van der Waals surface area contributed by atoms with Gasteiger partial charge in [-0.15, -0.1) is 0 Å². The normalized spacial score (nSPS) is 10.4. The number of aromatic nitrogens is 3. The van der Waals surface area contributed by atoms with E-state index in [0.29, 0.717) is 12.3 Å². The highest BCUT2D eigenvalue weighted by molar-refractivity contribution is 5.35. The van der Waals surface area contributed by atoms with Crippen LogP contribution < -0.4 is 0 Å². The predicted molar refractivity (Wildman–Crippen MR) is 52.0 cm³/mol. The van der Waals surface area contributed by atoms with Crippen LogP contribution in [-0.2, 0) is 6.54 Å². The van der Waals surface area contributed by atoms with Gasteiger partial charge in [-0.25, -0.2) is 9.67 Å². The molecular formula is C10H11N3O. The number of aromatic hydroxyl groups is 1. The van der Waals surface area contributed by atoms with Crippen molar-refractivity contribution in [3.63, 3.8) is 0 Å². The van der Waals surface area contributed by atoms with Gasteiger partial charge in [-0.05, 0) is 13.0 Å². The quantitative estimate of drug-likeness (QED) is 0.775. The second-order valence-corrected chi connectivity index (χ2v) is 3.23. The Morgan fingerprint density at radius 3 is 3.00 bits per heavy atom. The first kappa shape index (κ1) is 8.74. The topological polar surface area (TPSA) is 50.9 Å². The van der Waals surface area contributed by atoms with Gasteiger partial charge in [-0.3, -0.25) is 0 Å². The average molecular weight is 189 g/mol. The number of benzene rings is 1. The molecule has 0 saturated heterocycles. The van der Waals surface area contributed by atoms with Gasteiger partial charge in [0.05, 0.1) is 6.54 Å². The zero-order chi connectivity index (χ0) is 9.97. The van der Waals surface area contributed by atoms with E-state index in [-0.39, 0.29) is 0 Å². The van der Waals surface area contributed by atoms with E-state index in [1.807, 2.05) is 19.1 Å². The van der Waals surface area contributed by atoms with E-state index in [2.05, 4.69) is 10.1 Å². The second-order valence-electron chi connectivity index (χ2n) is 3.23. The van der Waals surface area contributed by atoms with Crippen LogP contribution in [0.25, 0.3) is 0 Å². The molecule has 0 unspecified atom stereocenters. The third-order valence-corrected chi connectivity index (χ3v) is 2.03. The minimum Gasteiger partial charge on any atom is -0.508 e. The predicted octanol–water partition coefficient (Wildman–Crippen LogP) is 1.34. The fourth-order valence-electron chi connectivity index (χ4n) is 1.33. The van der Waals surface area contributed by atoms with Crippen LogP contribution in [0, 0.1) is 6.92 Å². The Morgan fingerprint density at radius 2 is 2.29 bits per heavy atom. The monoisotopic (exact) mass is 189 g/mol. The maximum atomic E-state index is 9.57. The van der Waals surface area contributed by atoms with Crippen LogP contribution in [0.1, 0.15) is 11.1 Å². The summed E-state index contributed by atoms with van der Waals surface area (Å²) in [5.41, 5.74) is 1.98. The minimum absolute atomic E-state index is 0.297. The van der Waals surface area contributed by atoms with Gasteiger partial charge in [0, 0.05) is 5.56 Å². The molecule has 4 nitrogen and oxygen atoms in total. The Labute approximate surface area is 81.8 Å². The smallest absolute Gasteiger partial charge is 0.137 e. The number of phenolic OH excluding ortho intramolecular Hbond substituents is 1. The highest BCUT2D eigenvalue weighted by Gasteiger charge is 2.02. The number of phenols is 1. The van der Waals surface area contributed by atoms with Crippen molar-refractivity contribution in [2.24, 2.45) is 0 Å². The number of nitrogens with zero attached hydrogens (tertiary/aromatic N) is 3. The largest absolute Gasteiger partial charge is 0.508 e. The van der Waals surface area contributed by atoms with Crippen LogP contribution >= 0.6 is 0 Å². The molecule has 1 aromatic carbocycles. The Balaban J connectivity index is 2.28. The lowest BCUT2D eigenvalue weighted by Crippen LogP contribution is -2.00. The van der Waals surface area contributed by atoms with Crippen molar-refractivity contribution >= 4 is 0 Å². The summed E-state index contributed by atoms with van der Waals surface area (Å²) in [6, 6.07) is 5.51. The fourth-order valence-corrected chi connectivity index (χ4v) is 1.33. The van der Waals surface area contributed by atoms with Crippen LogP contribution in [0.2, 0.25) is 0 Å². The van der Waals surface area contributed by atoms with E-state index in [1.165, 1.54) is 6.33 Å². The lowest BCUT2D eigenvalue weighted by Gasteiger charge is -2.05. The first-order chi connectivity index (χ1) is 6.75. The Hall–Kier alpha value is -1.84. The molecule has 4 heteroatoms. The summed E-state index contributed by atoms with van der Waals surface area (Å²) in [7, 11) is 0. The van der Waals surface area contributed by atoms with Crippen LogP contribution in [0.15, 0.2) is 30.9 Å². The molecule has 0 radical (unpaired) electrons. The summed E-state index contributed by atoms with van der Waals surface area (Å²) in [4.78, 5) is 3.84. The van der Waals surface area contributed by atoms with Gasteiger partial charge in [0.25, 0.3) is 0 Å². The Bertz CT molecular complexity index is 423. The average Bonchev–Trinajstić information content (AvgIpc) is 2.64. The highest BCUT2D eigenvalue weighted by Crippen LogP contribution is 2.18. The molecule has 0 saturated carbocycles. The second kappa shape index (κ2) is 3.49. The lowest BCUT2D eigenvalue weighted by molar-refractivity contribution is 0.463. The zero-order valence-corrected chi connectivity index (χ0v) is 7.88. The molecule has 0 aliphatic carbocycles. The molecule has 1 N–H and O–H groups in total. The molecule has 0 atom stereocenters. The maximum absolute atomic E-state index is 9.57. The van der Waals surface area contributed by atoms with E-state index in [1.54, 1.807) is 17.1 Å². The molecule has 0 spiro atoms. The van der Waals surface area contributed by atoms with Crippen LogP contribution in [-0.4, -0.2) is 19.9 Å². The van der Waals surface area contributed by atoms with Crippen molar-refractivity contribution in [3.8, 4) is 5.75 Å². The standard InChI is InChI=1S/C10H11N3O/c1-8-2-3-10(14)9(4-8)5-13-7-11-6-12-13/h2-4,6-7,14H,5H2,1H3. The molecule has 1 aromatic heterocycles. The summed E-state index contributed by atoms with van der Waals surface area (Å²) >= 11 is 0. The van der Waals surface area contributed by atoms with E-state index in [9.17, 15) is 5.11 Å². The van der Waals surface area contributed by atoms with Gasteiger partial charge in [0.2, 0.25) is 0 Å². The molecule has 1 heterocycles. The van der Waals surface area contributed by atoms with Crippen LogP contribution in [0.5, 0.6) is 5.75 Å². The molecule has 14 heavy (non-hydrogen) atoms. The van der Waals surface area contributed by atoms with Crippen LogP contribution in [0.4, 0.5) is 0 Å². The summed E-state index contributed by atoms with van der Waals surface area (Å²) in [6.07, 6.45) is 3.11. The first-order valence-electron chi connectivity index (χ1n) is 4.36. The summed E-state index contributed by atoms with van der Waals surface area (Å²) in [5, 5.41) is 13.5. The van der Waals surface area contributed by atoms with Crippen molar-refractivity contribution in [2.75, 3.05) is 0 Å². The molecule has 0 bridgehead atoms. The van der Waals surface area contributed by atoms with Crippen molar-refractivity contribution in [1.82, 2.24) is 14.8 Å².